The van der Waals surface area contributed by atoms with Crippen molar-refractivity contribution in [1.82, 2.24) is 5.32 Å². The monoisotopic (exact) mass is 281 g/mol. The van der Waals surface area contributed by atoms with Crippen LogP contribution < -0.4 is 10.1 Å². The van der Waals surface area contributed by atoms with E-state index in [-0.39, 0.29) is 0 Å². The van der Waals surface area contributed by atoms with Gasteiger partial charge in [0.1, 0.15) is 17.1 Å². The van der Waals surface area contributed by atoms with Crippen molar-refractivity contribution in [3.05, 3.63) is 60.4 Å². The fourth-order valence-corrected chi connectivity index (χ4v) is 2.29. The molecule has 1 aromatic heterocycles. The Kier molecular flexibility index (Phi) is 4.22. The lowest BCUT2D eigenvalue weighted by Crippen LogP contribution is -2.13. The normalized spacial score (nSPS) is 10.9. The van der Waals surface area contributed by atoms with E-state index in [0.29, 0.717) is 0 Å². The van der Waals surface area contributed by atoms with Crippen molar-refractivity contribution in [3.8, 4) is 11.5 Å². The Balaban J connectivity index is 1.82. The van der Waals surface area contributed by atoms with Gasteiger partial charge in [-0.15, -0.1) is 0 Å². The van der Waals surface area contributed by atoms with E-state index >= 15 is 0 Å². The molecule has 3 nitrogen and oxygen atoms in total. The smallest absolute Gasteiger partial charge is 0.134 e. The van der Waals surface area contributed by atoms with E-state index < -0.39 is 0 Å². The third-order valence-corrected chi connectivity index (χ3v) is 3.35. The van der Waals surface area contributed by atoms with Crippen LogP contribution in [-0.2, 0) is 6.54 Å². The van der Waals surface area contributed by atoms with Crippen LogP contribution >= 0.6 is 0 Å². The molecular weight excluding hydrogens is 262 g/mol. The zero-order valence-corrected chi connectivity index (χ0v) is 12.1. The highest BCUT2D eigenvalue weighted by molar-refractivity contribution is 5.82. The first-order valence-electron chi connectivity index (χ1n) is 7.30. The van der Waals surface area contributed by atoms with Gasteiger partial charge in [0.15, 0.2) is 0 Å². The SMILES string of the molecule is CCCNCc1coc2ccc(Oc3ccccc3)cc12. The second-order valence-electron chi connectivity index (χ2n) is 5.01. The summed E-state index contributed by atoms with van der Waals surface area (Å²) in [4.78, 5) is 0. The van der Waals surface area contributed by atoms with Gasteiger partial charge >= 0.3 is 0 Å². The van der Waals surface area contributed by atoms with Gasteiger partial charge < -0.3 is 14.5 Å². The Morgan fingerprint density at radius 2 is 1.90 bits per heavy atom. The minimum absolute atomic E-state index is 0.815. The maximum Gasteiger partial charge on any atom is 0.134 e. The van der Waals surface area contributed by atoms with Crippen molar-refractivity contribution < 1.29 is 9.15 Å². The number of hydrogen-bond donors (Lipinski definition) is 1. The first kappa shape index (κ1) is 13.7. The highest BCUT2D eigenvalue weighted by Crippen LogP contribution is 2.28. The molecule has 0 unspecified atom stereocenters. The van der Waals surface area contributed by atoms with Crippen LogP contribution in [0.25, 0.3) is 11.0 Å². The Morgan fingerprint density at radius 1 is 1.05 bits per heavy atom. The van der Waals surface area contributed by atoms with Gasteiger partial charge in [-0.1, -0.05) is 25.1 Å². The molecule has 108 valence electrons. The molecule has 0 saturated carbocycles. The molecule has 21 heavy (non-hydrogen) atoms. The third kappa shape index (κ3) is 3.26. The summed E-state index contributed by atoms with van der Waals surface area (Å²) < 4.78 is 11.5. The van der Waals surface area contributed by atoms with Crippen molar-refractivity contribution in [2.45, 2.75) is 19.9 Å². The molecule has 1 heterocycles. The first-order valence-corrected chi connectivity index (χ1v) is 7.30. The summed E-state index contributed by atoms with van der Waals surface area (Å²) in [6.07, 6.45) is 2.94. The fourth-order valence-electron chi connectivity index (χ4n) is 2.29. The molecule has 3 heteroatoms. The summed E-state index contributed by atoms with van der Waals surface area (Å²) in [5.74, 6) is 1.66. The summed E-state index contributed by atoms with van der Waals surface area (Å²) in [5.41, 5.74) is 2.06. The van der Waals surface area contributed by atoms with Crippen LogP contribution in [0.3, 0.4) is 0 Å². The fraction of sp³-hybridized carbons (Fsp3) is 0.222. The average Bonchev–Trinajstić information content (AvgIpc) is 2.91. The number of para-hydroxylation sites is 1. The maximum absolute atomic E-state index is 5.87. The van der Waals surface area contributed by atoms with Crippen LogP contribution in [0.15, 0.2) is 59.2 Å². The van der Waals surface area contributed by atoms with Gasteiger partial charge in [0.25, 0.3) is 0 Å². The van der Waals surface area contributed by atoms with Crippen LogP contribution in [0.4, 0.5) is 0 Å². The molecular formula is C18H19NO2. The van der Waals surface area contributed by atoms with Gasteiger partial charge in [0, 0.05) is 17.5 Å². The van der Waals surface area contributed by atoms with E-state index in [1.165, 1.54) is 0 Å². The van der Waals surface area contributed by atoms with E-state index in [9.17, 15) is 0 Å². The van der Waals surface area contributed by atoms with Crippen LogP contribution in [0.2, 0.25) is 0 Å². The van der Waals surface area contributed by atoms with Crippen molar-refractivity contribution in [3.63, 3.8) is 0 Å². The lowest BCUT2D eigenvalue weighted by Gasteiger charge is -2.06. The maximum atomic E-state index is 5.87. The second-order valence-corrected chi connectivity index (χ2v) is 5.01. The number of hydrogen-bond acceptors (Lipinski definition) is 3. The molecule has 0 saturated heterocycles. The molecule has 3 aromatic rings. The molecule has 0 spiro atoms. The Morgan fingerprint density at radius 3 is 2.71 bits per heavy atom. The molecule has 0 bridgehead atoms. The minimum atomic E-state index is 0.815. The molecule has 0 aliphatic heterocycles. The lowest BCUT2D eigenvalue weighted by molar-refractivity contribution is 0.483. The summed E-state index contributed by atoms with van der Waals surface area (Å²) in [7, 11) is 0. The number of fused-ring (bicyclic) bond motifs is 1. The van der Waals surface area contributed by atoms with Gasteiger partial charge in [-0.2, -0.15) is 0 Å². The van der Waals surface area contributed by atoms with Crippen LogP contribution in [0.5, 0.6) is 11.5 Å². The molecule has 0 atom stereocenters. The zero-order valence-electron chi connectivity index (χ0n) is 12.1. The standard InChI is InChI=1S/C18H19NO2/c1-2-10-19-12-14-13-20-18-9-8-16(11-17(14)18)21-15-6-4-3-5-7-15/h3-9,11,13,19H,2,10,12H2,1H3. The molecule has 0 aliphatic carbocycles. The summed E-state index contributed by atoms with van der Waals surface area (Å²) in [6.45, 7) is 3.98. The number of nitrogens with one attached hydrogen (secondary N) is 1. The van der Waals surface area contributed by atoms with E-state index in [1.54, 1.807) is 0 Å². The largest absolute Gasteiger partial charge is 0.464 e. The highest BCUT2D eigenvalue weighted by Gasteiger charge is 2.07. The van der Waals surface area contributed by atoms with Gasteiger partial charge in [-0.3, -0.25) is 0 Å². The predicted molar refractivity (Wildman–Crippen MR) is 84.7 cm³/mol. The van der Waals surface area contributed by atoms with Crippen LogP contribution in [0, 0.1) is 0 Å². The van der Waals surface area contributed by atoms with Crippen LogP contribution in [-0.4, -0.2) is 6.54 Å². The molecule has 2 aromatic carbocycles. The number of rotatable bonds is 6. The first-order chi connectivity index (χ1) is 10.4. The second kappa shape index (κ2) is 6.46. The van der Waals surface area contributed by atoms with Crippen molar-refractivity contribution in [2.75, 3.05) is 6.54 Å². The molecule has 0 aliphatic rings. The van der Waals surface area contributed by atoms with Gasteiger partial charge in [0.05, 0.1) is 6.26 Å². The van der Waals surface area contributed by atoms with Gasteiger partial charge in [-0.05, 0) is 43.3 Å². The highest BCUT2D eigenvalue weighted by atomic mass is 16.5. The van der Waals surface area contributed by atoms with E-state index in [1.807, 2.05) is 54.8 Å². The van der Waals surface area contributed by atoms with E-state index in [4.69, 9.17) is 9.15 Å². The van der Waals surface area contributed by atoms with E-state index in [0.717, 1.165) is 47.5 Å². The molecule has 0 fully saturated rings. The van der Waals surface area contributed by atoms with Crippen LogP contribution in [0.1, 0.15) is 18.9 Å². The van der Waals surface area contributed by atoms with Gasteiger partial charge in [0.2, 0.25) is 0 Å². The molecule has 1 N–H and O–H groups in total. The van der Waals surface area contributed by atoms with Crippen molar-refractivity contribution in [2.24, 2.45) is 0 Å². The quantitative estimate of drug-likeness (QED) is 0.664. The molecule has 0 amide bonds. The Labute approximate surface area is 124 Å². The molecule has 3 rings (SSSR count). The van der Waals surface area contributed by atoms with E-state index in [2.05, 4.69) is 12.2 Å². The topological polar surface area (TPSA) is 34.4 Å². The zero-order chi connectivity index (χ0) is 14.5. The number of furan rings is 1. The van der Waals surface area contributed by atoms with Crippen molar-refractivity contribution in [1.29, 1.82) is 0 Å². The average molecular weight is 281 g/mol. The minimum Gasteiger partial charge on any atom is -0.464 e. The number of ether oxygens (including phenoxy) is 1. The van der Waals surface area contributed by atoms with Crippen molar-refractivity contribution >= 4 is 11.0 Å². The third-order valence-electron chi connectivity index (χ3n) is 3.35. The lowest BCUT2D eigenvalue weighted by atomic mass is 10.1. The Hall–Kier alpha value is -2.26. The Bertz CT molecular complexity index is 704. The van der Waals surface area contributed by atoms with Gasteiger partial charge in [-0.25, -0.2) is 0 Å². The summed E-state index contributed by atoms with van der Waals surface area (Å²) >= 11 is 0. The predicted octanol–water partition coefficient (Wildman–Crippen LogP) is 4.72. The summed E-state index contributed by atoms with van der Waals surface area (Å²) in [5, 5.41) is 4.50. The molecule has 0 radical (unpaired) electrons. The summed E-state index contributed by atoms with van der Waals surface area (Å²) in [6, 6.07) is 15.7. The number of benzene rings is 2.